The van der Waals surface area contributed by atoms with Gasteiger partial charge in [0.15, 0.2) is 5.65 Å². The Balaban J connectivity index is 1.55. The Labute approximate surface area is 271 Å². The molecule has 0 saturated carbocycles. The van der Waals surface area contributed by atoms with Crippen molar-refractivity contribution in [3.05, 3.63) is 103 Å². The summed E-state index contributed by atoms with van der Waals surface area (Å²) < 4.78 is 19.9. The van der Waals surface area contributed by atoms with Crippen LogP contribution in [-0.4, -0.2) is 42.1 Å². The van der Waals surface area contributed by atoms with Crippen LogP contribution in [0, 0.1) is 0 Å². The molecule has 6 rings (SSSR count). The van der Waals surface area contributed by atoms with Crippen molar-refractivity contribution < 1.29 is 13.9 Å². The van der Waals surface area contributed by atoms with Crippen LogP contribution in [-0.2, 0) is 0 Å². The molecule has 3 heterocycles. The number of nitrogens with zero attached hydrogens (tertiary/aromatic N) is 4. The highest BCUT2D eigenvalue weighted by Crippen LogP contribution is 2.43. The van der Waals surface area contributed by atoms with Crippen LogP contribution in [0.5, 0.6) is 17.4 Å². The van der Waals surface area contributed by atoms with E-state index in [0.29, 0.717) is 23.2 Å². The smallest absolute Gasteiger partial charge is 0.250 e. The molecule has 46 heavy (non-hydrogen) atoms. The Morgan fingerprint density at radius 1 is 0.696 bits per heavy atom. The van der Waals surface area contributed by atoms with Crippen LogP contribution in [0.25, 0.3) is 39.2 Å². The summed E-state index contributed by atoms with van der Waals surface area (Å²) in [5, 5.41) is 8.68. The van der Waals surface area contributed by atoms with Crippen LogP contribution in [0.15, 0.2) is 103 Å². The van der Waals surface area contributed by atoms with Crippen LogP contribution in [0.3, 0.4) is 0 Å². The second-order valence-corrected chi connectivity index (χ2v) is 17.4. The van der Waals surface area contributed by atoms with Gasteiger partial charge in [0, 0.05) is 5.56 Å². The minimum Gasteiger partial charge on any atom is -0.542 e. The van der Waals surface area contributed by atoms with Gasteiger partial charge in [0.05, 0.1) is 31.5 Å². The normalized spacial score (nSPS) is 11.8. The van der Waals surface area contributed by atoms with Crippen molar-refractivity contribution in [2.45, 2.75) is 38.9 Å². The van der Waals surface area contributed by atoms with Crippen molar-refractivity contribution in [3.63, 3.8) is 0 Å². The first-order valence-corrected chi connectivity index (χ1v) is 18.2. The molecule has 0 fully saturated rings. The Bertz CT molecular complexity index is 1950. The lowest BCUT2D eigenvalue weighted by Gasteiger charge is -2.36. The zero-order valence-corrected chi connectivity index (χ0v) is 28.3. The number of ether oxygens (including phenoxy) is 2. The maximum absolute atomic E-state index is 6.48. The van der Waals surface area contributed by atoms with Gasteiger partial charge in [0.25, 0.3) is 8.32 Å². The van der Waals surface area contributed by atoms with E-state index in [-0.39, 0.29) is 5.04 Å². The molecule has 3 aromatic heterocycles. The molecule has 234 valence electrons. The van der Waals surface area contributed by atoms with Gasteiger partial charge < -0.3 is 19.2 Å². The lowest BCUT2D eigenvalue weighted by molar-refractivity contribution is 0.387. The minimum absolute atomic E-state index is 0.0768. The Morgan fingerprint density at radius 3 is 1.87 bits per heavy atom. The third kappa shape index (κ3) is 5.93. The number of benzene rings is 3. The van der Waals surface area contributed by atoms with Crippen molar-refractivity contribution in [1.82, 2.24) is 19.6 Å². The molecule has 0 bridgehead atoms. The number of methoxy groups -OCH3 is 2. The summed E-state index contributed by atoms with van der Waals surface area (Å²) in [6.45, 7) is 11.1. The van der Waals surface area contributed by atoms with Crippen LogP contribution >= 0.6 is 0 Å². The molecule has 8 nitrogen and oxygen atoms in total. The predicted molar refractivity (Wildman–Crippen MR) is 188 cm³/mol. The number of aromatic nitrogens is 4. The van der Waals surface area contributed by atoms with E-state index in [0.717, 1.165) is 45.0 Å². The van der Waals surface area contributed by atoms with Crippen molar-refractivity contribution in [1.29, 1.82) is 0 Å². The van der Waals surface area contributed by atoms with Gasteiger partial charge in [-0.25, -0.2) is 9.97 Å². The van der Waals surface area contributed by atoms with E-state index < -0.39 is 8.32 Å². The van der Waals surface area contributed by atoms with E-state index in [1.54, 1.807) is 24.9 Å². The molecule has 3 aromatic carbocycles. The van der Waals surface area contributed by atoms with E-state index in [9.17, 15) is 0 Å². The van der Waals surface area contributed by atoms with Crippen LogP contribution in [0.1, 0.15) is 20.8 Å². The van der Waals surface area contributed by atoms with Gasteiger partial charge in [0.2, 0.25) is 5.88 Å². The maximum atomic E-state index is 6.48. The first-order valence-electron chi connectivity index (χ1n) is 15.3. The maximum Gasteiger partial charge on any atom is 0.250 e. The van der Waals surface area contributed by atoms with Gasteiger partial charge >= 0.3 is 0 Å². The van der Waals surface area contributed by atoms with Crippen molar-refractivity contribution in [2.75, 3.05) is 19.5 Å². The standard InChI is InChI=1S/C37H39N5O3Si/c1-37(2,3)46(6,7)45-29-22-23-30(38-24-29)39-34-32(26-18-20-28(43-4)21-19-26)36(44-5)42-35(40-34)31(25-14-10-8-11-15-25)33(41-42)27-16-12-9-13-17-27/h8-24H,1-7H3,(H,38,39,40). The van der Waals surface area contributed by atoms with Gasteiger partial charge in [-0.1, -0.05) is 93.6 Å². The first kappa shape index (κ1) is 30.9. The highest BCUT2D eigenvalue weighted by molar-refractivity contribution is 6.74. The molecular weight excluding hydrogens is 591 g/mol. The van der Waals surface area contributed by atoms with Gasteiger partial charge in [-0.2, -0.15) is 9.61 Å². The monoisotopic (exact) mass is 629 g/mol. The van der Waals surface area contributed by atoms with E-state index in [1.807, 2.05) is 72.8 Å². The number of anilines is 2. The fourth-order valence-corrected chi connectivity index (χ4v) is 6.09. The van der Waals surface area contributed by atoms with Gasteiger partial charge in [-0.05, 0) is 53.5 Å². The van der Waals surface area contributed by atoms with E-state index in [2.05, 4.69) is 63.4 Å². The molecule has 0 aliphatic heterocycles. The largest absolute Gasteiger partial charge is 0.542 e. The fourth-order valence-electron chi connectivity index (χ4n) is 5.07. The van der Waals surface area contributed by atoms with Gasteiger partial charge in [-0.3, -0.25) is 0 Å². The molecule has 0 unspecified atom stereocenters. The van der Waals surface area contributed by atoms with Crippen LogP contribution < -0.4 is 19.2 Å². The Morgan fingerprint density at radius 2 is 1.30 bits per heavy atom. The third-order valence-corrected chi connectivity index (χ3v) is 12.9. The first-order chi connectivity index (χ1) is 22.1. The molecule has 0 aliphatic carbocycles. The molecule has 0 spiro atoms. The molecule has 0 aliphatic rings. The van der Waals surface area contributed by atoms with Crippen molar-refractivity contribution in [3.8, 4) is 50.9 Å². The molecule has 0 amide bonds. The average Bonchev–Trinajstić information content (AvgIpc) is 3.44. The van der Waals surface area contributed by atoms with E-state index in [4.69, 9.17) is 29.0 Å². The molecule has 0 saturated heterocycles. The minimum atomic E-state index is -2.01. The number of nitrogens with one attached hydrogen (secondary N) is 1. The molecule has 6 aromatic rings. The lowest BCUT2D eigenvalue weighted by atomic mass is 10.0. The SMILES string of the molecule is COc1ccc(-c2c(Nc3ccc(O[Si](C)(C)C(C)(C)C)cn3)nc3c(-c4ccccc4)c(-c4ccccc4)nn3c2OC)cc1. The zero-order valence-electron chi connectivity index (χ0n) is 27.3. The predicted octanol–water partition coefficient (Wildman–Crippen LogP) is 9.27. The fraction of sp³-hybridized carbons (Fsp3) is 0.216. The number of hydrogen-bond donors (Lipinski definition) is 1. The lowest BCUT2D eigenvalue weighted by Crippen LogP contribution is -2.43. The van der Waals surface area contributed by atoms with Crippen molar-refractivity contribution in [2.24, 2.45) is 0 Å². The number of hydrogen-bond acceptors (Lipinski definition) is 7. The van der Waals surface area contributed by atoms with Gasteiger partial charge in [0.1, 0.15) is 28.8 Å². The number of rotatable bonds is 9. The van der Waals surface area contributed by atoms with Crippen LogP contribution in [0.4, 0.5) is 11.6 Å². The Kier molecular flexibility index (Phi) is 8.27. The molecule has 0 radical (unpaired) electrons. The summed E-state index contributed by atoms with van der Waals surface area (Å²) in [5.41, 5.74) is 5.96. The second kappa shape index (κ2) is 12.3. The Hall–Kier alpha value is -5.15. The summed E-state index contributed by atoms with van der Waals surface area (Å²) in [6.07, 6.45) is 1.77. The molecule has 9 heteroatoms. The summed E-state index contributed by atoms with van der Waals surface area (Å²) >= 11 is 0. The zero-order chi connectivity index (χ0) is 32.5. The molecular formula is C37H39N5O3Si. The second-order valence-electron chi connectivity index (χ2n) is 12.6. The van der Waals surface area contributed by atoms with Crippen molar-refractivity contribution >= 4 is 25.6 Å². The highest BCUT2D eigenvalue weighted by atomic mass is 28.4. The summed E-state index contributed by atoms with van der Waals surface area (Å²) in [7, 11) is 1.29. The average molecular weight is 630 g/mol. The van der Waals surface area contributed by atoms with Gasteiger partial charge in [-0.15, -0.1) is 0 Å². The van der Waals surface area contributed by atoms with E-state index >= 15 is 0 Å². The van der Waals surface area contributed by atoms with E-state index in [1.165, 1.54) is 0 Å². The van der Waals surface area contributed by atoms with Crippen LogP contribution in [0.2, 0.25) is 18.1 Å². The molecule has 0 atom stereocenters. The molecule has 1 N–H and O–H groups in total. The topological polar surface area (TPSA) is 82.8 Å². The summed E-state index contributed by atoms with van der Waals surface area (Å²) in [4.78, 5) is 9.98. The quantitative estimate of drug-likeness (QED) is 0.160. The summed E-state index contributed by atoms with van der Waals surface area (Å²) in [5.74, 6) is 3.25. The highest BCUT2D eigenvalue weighted by Gasteiger charge is 2.39. The number of fused-ring (bicyclic) bond motifs is 1. The number of pyridine rings is 1. The summed E-state index contributed by atoms with van der Waals surface area (Å²) in [6, 6.07) is 32.0. The third-order valence-electron chi connectivity index (χ3n) is 8.57.